The number of benzene rings is 1. The SMILES string of the molecule is Cc1ccc(CCN2CCCCC2C(C(N)=O)c2cc(C)nc(-n3ccnc3)n2)cc1. The zero-order chi connectivity index (χ0) is 21.8. The van der Waals surface area contributed by atoms with Crippen molar-refractivity contribution in [3.05, 3.63) is 71.6 Å². The third-order valence-corrected chi connectivity index (χ3v) is 6.08. The van der Waals surface area contributed by atoms with Crippen LogP contribution in [0.4, 0.5) is 0 Å². The standard InChI is InChI=1S/C24H30N6O/c1-17-6-8-19(9-7-17)10-13-29-12-4-3-5-21(29)22(23(25)31)20-15-18(2)27-24(28-20)30-14-11-26-16-30/h6-9,11,14-16,21-22H,3-5,10,12-13H2,1-2H3,(H2,25,31). The Bertz CT molecular complexity index is 1020. The van der Waals surface area contributed by atoms with Gasteiger partial charge < -0.3 is 5.73 Å². The predicted octanol–water partition coefficient (Wildman–Crippen LogP) is 2.95. The van der Waals surface area contributed by atoms with Gasteiger partial charge in [0.2, 0.25) is 11.9 Å². The second-order valence-electron chi connectivity index (χ2n) is 8.42. The summed E-state index contributed by atoms with van der Waals surface area (Å²) in [4.78, 5) is 28.4. The number of hydrogen-bond donors (Lipinski definition) is 1. The number of hydrogen-bond acceptors (Lipinski definition) is 5. The average molecular weight is 419 g/mol. The van der Waals surface area contributed by atoms with Crippen LogP contribution in [0.25, 0.3) is 5.95 Å². The molecule has 3 heterocycles. The van der Waals surface area contributed by atoms with Crippen molar-refractivity contribution in [1.29, 1.82) is 0 Å². The van der Waals surface area contributed by atoms with E-state index in [2.05, 4.69) is 46.1 Å². The first-order valence-electron chi connectivity index (χ1n) is 10.9. The van der Waals surface area contributed by atoms with Crippen LogP contribution < -0.4 is 5.73 Å². The van der Waals surface area contributed by atoms with Crippen LogP contribution in [0.5, 0.6) is 0 Å². The van der Waals surface area contributed by atoms with E-state index in [-0.39, 0.29) is 11.9 Å². The van der Waals surface area contributed by atoms with Crippen LogP contribution in [-0.4, -0.2) is 49.5 Å². The van der Waals surface area contributed by atoms with Gasteiger partial charge in [0.15, 0.2) is 0 Å². The smallest absolute Gasteiger partial charge is 0.235 e. The lowest BCUT2D eigenvalue weighted by Gasteiger charge is -2.39. The van der Waals surface area contributed by atoms with E-state index in [4.69, 9.17) is 10.7 Å². The molecule has 1 saturated heterocycles. The molecular formula is C24H30N6O. The molecule has 4 rings (SSSR count). The van der Waals surface area contributed by atoms with E-state index < -0.39 is 5.92 Å². The minimum absolute atomic E-state index is 0.0432. The zero-order valence-electron chi connectivity index (χ0n) is 18.2. The summed E-state index contributed by atoms with van der Waals surface area (Å²) in [6.45, 7) is 5.89. The first-order valence-corrected chi connectivity index (χ1v) is 10.9. The van der Waals surface area contributed by atoms with Gasteiger partial charge in [-0.05, 0) is 51.3 Å². The highest BCUT2D eigenvalue weighted by molar-refractivity contribution is 5.82. The summed E-state index contributed by atoms with van der Waals surface area (Å²) in [7, 11) is 0. The van der Waals surface area contributed by atoms with Crippen molar-refractivity contribution in [2.24, 2.45) is 5.73 Å². The van der Waals surface area contributed by atoms with Crippen LogP contribution in [0.3, 0.4) is 0 Å². The van der Waals surface area contributed by atoms with E-state index in [9.17, 15) is 4.79 Å². The number of amides is 1. The third kappa shape index (κ3) is 4.99. The van der Waals surface area contributed by atoms with Crippen molar-refractivity contribution >= 4 is 5.91 Å². The zero-order valence-corrected chi connectivity index (χ0v) is 18.2. The number of piperidine rings is 1. The number of carbonyl (C=O) groups is 1. The van der Waals surface area contributed by atoms with Crippen molar-refractivity contribution < 1.29 is 4.79 Å². The Hall–Kier alpha value is -3.06. The van der Waals surface area contributed by atoms with Gasteiger partial charge in [-0.1, -0.05) is 36.2 Å². The van der Waals surface area contributed by atoms with Gasteiger partial charge in [-0.25, -0.2) is 15.0 Å². The van der Waals surface area contributed by atoms with Gasteiger partial charge in [0.25, 0.3) is 0 Å². The van der Waals surface area contributed by atoms with Crippen LogP contribution in [0.1, 0.15) is 47.7 Å². The Morgan fingerprint density at radius 3 is 2.71 bits per heavy atom. The molecule has 1 fully saturated rings. The molecule has 2 atom stereocenters. The molecule has 31 heavy (non-hydrogen) atoms. The molecule has 0 radical (unpaired) electrons. The molecule has 1 amide bonds. The minimum atomic E-state index is -0.470. The molecule has 1 aliphatic rings. The van der Waals surface area contributed by atoms with Crippen LogP contribution >= 0.6 is 0 Å². The second-order valence-corrected chi connectivity index (χ2v) is 8.42. The third-order valence-electron chi connectivity index (χ3n) is 6.08. The van der Waals surface area contributed by atoms with Crippen molar-refractivity contribution in [2.75, 3.05) is 13.1 Å². The van der Waals surface area contributed by atoms with Gasteiger partial charge >= 0.3 is 0 Å². The van der Waals surface area contributed by atoms with Gasteiger partial charge in [-0.15, -0.1) is 0 Å². The Morgan fingerprint density at radius 1 is 1.19 bits per heavy atom. The molecule has 0 spiro atoms. The Kier molecular flexibility index (Phi) is 6.42. The molecule has 0 bridgehead atoms. The number of likely N-dealkylation sites (tertiary alicyclic amines) is 1. The Labute approximate surface area is 183 Å². The van der Waals surface area contributed by atoms with E-state index >= 15 is 0 Å². The van der Waals surface area contributed by atoms with Gasteiger partial charge in [0.1, 0.15) is 6.33 Å². The fraction of sp³-hybridized carbons (Fsp3) is 0.417. The first-order chi connectivity index (χ1) is 15.0. The molecule has 7 heteroatoms. The summed E-state index contributed by atoms with van der Waals surface area (Å²) in [5.41, 5.74) is 10.0. The number of nitrogens with zero attached hydrogens (tertiary/aromatic N) is 5. The fourth-order valence-corrected chi connectivity index (χ4v) is 4.46. The molecule has 1 aliphatic heterocycles. The monoisotopic (exact) mass is 418 g/mol. The molecule has 0 aliphatic carbocycles. The topological polar surface area (TPSA) is 89.9 Å². The van der Waals surface area contributed by atoms with E-state index in [1.165, 1.54) is 11.1 Å². The minimum Gasteiger partial charge on any atom is -0.369 e. The summed E-state index contributed by atoms with van der Waals surface area (Å²) >= 11 is 0. The van der Waals surface area contributed by atoms with Crippen molar-refractivity contribution in [3.63, 3.8) is 0 Å². The number of carbonyl (C=O) groups excluding carboxylic acids is 1. The van der Waals surface area contributed by atoms with Crippen LogP contribution in [0.2, 0.25) is 0 Å². The van der Waals surface area contributed by atoms with E-state index in [1.807, 2.05) is 13.0 Å². The highest BCUT2D eigenvalue weighted by atomic mass is 16.1. The average Bonchev–Trinajstić information content (AvgIpc) is 3.29. The van der Waals surface area contributed by atoms with Crippen LogP contribution in [-0.2, 0) is 11.2 Å². The number of rotatable bonds is 7. The maximum Gasteiger partial charge on any atom is 0.235 e. The largest absolute Gasteiger partial charge is 0.369 e. The highest BCUT2D eigenvalue weighted by Crippen LogP contribution is 2.30. The number of aromatic nitrogens is 4. The molecule has 0 saturated carbocycles. The Morgan fingerprint density at radius 2 is 2.00 bits per heavy atom. The van der Waals surface area contributed by atoms with E-state index in [0.717, 1.165) is 44.5 Å². The van der Waals surface area contributed by atoms with Gasteiger partial charge in [-0.3, -0.25) is 14.3 Å². The maximum atomic E-state index is 12.7. The quantitative estimate of drug-likeness (QED) is 0.637. The lowest BCUT2D eigenvalue weighted by molar-refractivity contribution is -0.121. The normalized spacial score (nSPS) is 18.1. The van der Waals surface area contributed by atoms with Crippen molar-refractivity contribution in [1.82, 2.24) is 24.4 Å². The highest BCUT2D eigenvalue weighted by Gasteiger charge is 2.35. The maximum absolute atomic E-state index is 12.7. The van der Waals surface area contributed by atoms with Gasteiger partial charge in [0.05, 0.1) is 11.6 Å². The fourth-order valence-electron chi connectivity index (χ4n) is 4.46. The van der Waals surface area contributed by atoms with E-state index in [1.54, 1.807) is 23.3 Å². The molecule has 1 aromatic carbocycles. The molecule has 7 nitrogen and oxygen atoms in total. The Balaban J connectivity index is 1.60. The van der Waals surface area contributed by atoms with Crippen molar-refractivity contribution in [3.8, 4) is 5.95 Å². The van der Waals surface area contributed by atoms with Gasteiger partial charge in [0, 0.05) is 30.7 Å². The molecule has 2 unspecified atom stereocenters. The lowest BCUT2D eigenvalue weighted by atomic mass is 9.86. The molecule has 162 valence electrons. The van der Waals surface area contributed by atoms with Crippen molar-refractivity contribution in [2.45, 2.75) is 51.5 Å². The molecular weight excluding hydrogens is 388 g/mol. The van der Waals surface area contributed by atoms with E-state index in [0.29, 0.717) is 11.6 Å². The number of aryl methyl sites for hydroxylation is 2. The summed E-state index contributed by atoms with van der Waals surface area (Å²) in [5.74, 6) is -0.287. The van der Waals surface area contributed by atoms with Gasteiger partial charge in [-0.2, -0.15) is 0 Å². The number of imidazole rings is 1. The molecule has 2 N–H and O–H groups in total. The summed E-state index contributed by atoms with van der Waals surface area (Å²) < 4.78 is 1.75. The molecule has 3 aromatic rings. The predicted molar refractivity (Wildman–Crippen MR) is 120 cm³/mol. The van der Waals surface area contributed by atoms with Crippen LogP contribution in [0.15, 0.2) is 49.1 Å². The first kappa shape index (κ1) is 21.2. The lowest BCUT2D eigenvalue weighted by Crippen LogP contribution is -2.48. The molecule has 2 aromatic heterocycles. The summed E-state index contributed by atoms with van der Waals surface area (Å²) in [5, 5.41) is 0. The number of nitrogens with two attached hydrogens (primary N) is 1. The number of primary amides is 1. The summed E-state index contributed by atoms with van der Waals surface area (Å²) in [6, 6.07) is 10.6. The van der Waals surface area contributed by atoms with Crippen LogP contribution in [0, 0.1) is 13.8 Å². The summed E-state index contributed by atoms with van der Waals surface area (Å²) in [6.07, 6.45) is 9.26. The second kappa shape index (κ2) is 9.39.